The van der Waals surface area contributed by atoms with Gasteiger partial charge >= 0.3 is 0 Å². The molecule has 2 heteroatoms. The fourth-order valence-corrected chi connectivity index (χ4v) is 3.44. The monoisotopic (exact) mass is 314 g/mol. The summed E-state index contributed by atoms with van der Waals surface area (Å²) in [4.78, 5) is 0. The number of fused-ring (bicyclic) bond motifs is 4. The van der Waals surface area contributed by atoms with Crippen molar-refractivity contribution in [2.75, 3.05) is 0 Å². The molecule has 0 N–H and O–H groups in total. The van der Waals surface area contributed by atoms with Gasteiger partial charge in [0.15, 0.2) is 0 Å². The van der Waals surface area contributed by atoms with Crippen molar-refractivity contribution in [2.45, 2.75) is 0 Å². The van der Waals surface area contributed by atoms with Crippen LogP contribution >= 0.6 is 0 Å². The van der Waals surface area contributed by atoms with Gasteiger partial charge in [0, 0.05) is 0 Å². The molecule has 0 nitrogen and oxygen atoms in total. The molecule has 0 radical (unpaired) electrons. The lowest BCUT2D eigenvalue weighted by Crippen LogP contribution is -1.82. The molecule has 5 aromatic rings. The minimum Gasteiger partial charge on any atom is -0.207 e. The topological polar surface area (TPSA) is 0 Å². The largest absolute Gasteiger partial charge is 0.207 e. The lowest BCUT2D eigenvalue weighted by molar-refractivity contribution is 0.629. The Labute approximate surface area is 136 Å². The first-order chi connectivity index (χ1) is 11.7. The molecule has 0 amide bonds. The Balaban J connectivity index is 1.88. The van der Waals surface area contributed by atoms with Crippen molar-refractivity contribution in [1.82, 2.24) is 0 Å². The van der Waals surface area contributed by atoms with E-state index >= 15 is 0 Å². The Morgan fingerprint density at radius 3 is 1.00 bits per heavy atom. The van der Waals surface area contributed by atoms with Gasteiger partial charge in [-0.25, -0.2) is 8.78 Å². The third-order valence-electron chi connectivity index (χ3n) is 4.63. The van der Waals surface area contributed by atoms with E-state index in [0.717, 1.165) is 43.1 Å². The summed E-state index contributed by atoms with van der Waals surface area (Å²) in [7, 11) is 0. The van der Waals surface area contributed by atoms with Gasteiger partial charge in [-0.15, -0.1) is 0 Å². The first-order valence-corrected chi connectivity index (χ1v) is 7.82. The second-order valence-corrected chi connectivity index (χ2v) is 6.23. The molecule has 0 atom stereocenters. The standard InChI is InChI=1S/C22H12F2/c23-21-3-1-13-5-15-7-16-6-14-2-4-22(24)12-20(14)10-18(16)8-17(15)9-19(13)11-21/h1-12H. The molecule has 0 spiro atoms. The highest BCUT2D eigenvalue weighted by Crippen LogP contribution is 2.30. The molecular formula is C22H12F2. The van der Waals surface area contributed by atoms with Crippen LogP contribution in [0.4, 0.5) is 8.78 Å². The van der Waals surface area contributed by atoms with E-state index in [1.807, 2.05) is 12.1 Å². The minimum atomic E-state index is -0.232. The van der Waals surface area contributed by atoms with Gasteiger partial charge in [0.1, 0.15) is 11.6 Å². The highest BCUT2D eigenvalue weighted by Gasteiger charge is 2.04. The molecule has 0 heterocycles. The molecule has 5 aromatic carbocycles. The lowest BCUT2D eigenvalue weighted by atomic mass is 9.97. The van der Waals surface area contributed by atoms with Gasteiger partial charge in [-0.1, -0.05) is 12.1 Å². The maximum atomic E-state index is 13.5. The van der Waals surface area contributed by atoms with Gasteiger partial charge in [-0.05, 0) is 104 Å². The molecule has 0 aliphatic carbocycles. The summed E-state index contributed by atoms with van der Waals surface area (Å²) in [5.74, 6) is -0.465. The van der Waals surface area contributed by atoms with Crippen molar-refractivity contribution in [2.24, 2.45) is 0 Å². The Morgan fingerprint density at radius 1 is 0.333 bits per heavy atom. The van der Waals surface area contributed by atoms with E-state index in [-0.39, 0.29) is 11.6 Å². The molecule has 0 aliphatic heterocycles. The minimum absolute atomic E-state index is 0.232. The predicted molar refractivity (Wildman–Crippen MR) is 96.4 cm³/mol. The van der Waals surface area contributed by atoms with Gasteiger partial charge in [0.2, 0.25) is 0 Å². The first-order valence-electron chi connectivity index (χ1n) is 7.82. The van der Waals surface area contributed by atoms with Crippen LogP contribution in [0.2, 0.25) is 0 Å². The number of hydrogen-bond donors (Lipinski definition) is 0. The zero-order valence-electron chi connectivity index (χ0n) is 12.7. The van der Waals surface area contributed by atoms with Crippen LogP contribution in [-0.2, 0) is 0 Å². The average molecular weight is 314 g/mol. The molecule has 0 bridgehead atoms. The van der Waals surface area contributed by atoms with Crippen LogP contribution in [0.5, 0.6) is 0 Å². The van der Waals surface area contributed by atoms with Crippen molar-refractivity contribution in [1.29, 1.82) is 0 Å². The SMILES string of the molecule is Fc1ccc2cc3cc4cc5ccc(F)cc5cc4cc3cc2c1. The van der Waals surface area contributed by atoms with Crippen molar-refractivity contribution in [3.8, 4) is 0 Å². The van der Waals surface area contributed by atoms with Crippen molar-refractivity contribution >= 4 is 43.1 Å². The Morgan fingerprint density at radius 2 is 0.625 bits per heavy atom. The molecule has 5 rings (SSSR count). The van der Waals surface area contributed by atoms with Gasteiger partial charge < -0.3 is 0 Å². The number of halogens is 2. The summed E-state index contributed by atoms with van der Waals surface area (Å²) in [6.45, 7) is 0. The fraction of sp³-hybridized carbons (Fsp3) is 0. The van der Waals surface area contributed by atoms with Crippen molar-refractivity contribution in [3.63, 3.8) is 0 Å². The fourth-order valence-electron chi connectivity index (χ4n) is 3.44. The second kappa shape index (κ2) is 4.75. The maximum Gasteiger partial charge on any atom is 0.123 e. The molecule has 114 valence electrons. The quantitative estimate of drug-likeness (QED) is 0.283. The van der Waals surface area contributed by atoms with E-state index in [4.69, 9.17) is 0 Å². The molecule has 0 aliphatic rings. The van der Waals surface area contributed by atoms with E-state index in [0.29, 0.717) is 0 Å². The van der Waals surface area contributed by atoms with Gasteiger partial charge in [0.25, 0.3) is 0 Å². The smallest absolute Gasteiger partial charge is 0.123 e. The third kappa shape index (κ3) is 2.04. The van der Waals surface area contributed by atoms with E-state index in [1.54, 1.807) is 24.3 Å². The van der Waals surface area contributed by atoms with Crippen LogP contribution in [0, 0.1) is 11.6 Å². The lowest BCUT2D eigenvalue weighted by Gasteiger charge is -2.07. The van der Waals surface area contributed by atoms with E-state index in [9.17, 15) is 8.78 Å². The Hall–Kier alpha value is -3.00. The van der Waals surface area contributed by atoms with Crippen LogP contribution in [0.3, 0.4) is 0 Å². The molecule has 0 unspecified atom stereocenters. The summed E-state index contributed by atoms with van der Waals surface area (Å²) < 4.78 is 26.9. The number of hydrogen-bond acceptors (Lipinski definition) is 0. The van der Waals surface area contributed by atoms with E-state index in [1.165, 1.54) is 12.1 Å². The predicted octanol–water partition coefficient (Wildman–Crippen LogP) is 6.58. The number of benzene rings is 5. The molecule has 0 saturated carbocycles. The Kier molecular flexibility index (Phi) is 2.66. The average Bonchev–Trinajstić information content (AvgIpc) is 2.56. The normalized spacial score (nSPS) is 11.8. The summed E-state index contributed by atoms with van der Waals surface area (Å²) in [6, 6.07) is 22.1. The second-order valence-electron chi connectivity index (χ2n) is 6.23. The van der Waals surface area contributed by atoms with Crippen molar-refractivity contribution in [3.05, 3.63) is 84.4 Å². The molecular weight excluding hydrogens is 302 g/mol. The molecule has 0 fully saturated rings. The van der Waals surface area contributed by atoms with E-state index in [2.05, 4.69) is 24.3 Å². The molecule has 0 aromatic heterocycles. The van der Waals surface area contributed by atoms with Crippen LogP contribution in [0.15, 0.2) is 72.8 Å². The van der Waals surface area contributed by atoms with Crippen LogP contribution in [0.1, 0.15) is 0 Å². The van der Waals surface area contributed by atoms with Gasteiger partial charge in [-0.2, -0.15) is 0 Å². The van der Waals surface area contributed by atoms with Gasteiger partial charge in [0.05, 0.1) is 0 Å². The van der Waals surface area contributed by atoms with Crippen LogP contribution in [-0.4, -0.2) is 0 Å². The summed E-state index contributed by atoms with van der Waals surface area (Å²) in [6.07, 6.45) is 0. The summed E-state index contributed by atoms with van der Waals surface area (Å²) in [5, 5.41) is 8.14. The third-order valence-corrected chi connectivity index (χ3v) is 4.63. The van der Waals surface area contributed by atoms with Gasteiger partial charge in [-0.3, -0.25) is 0 Å². The zero-order valence-corrected chi connectivity index (χ0v) is 12.7. The highest BCUT2D eigenvalue weighted by atomic mass is 19.1. The van der Waals surface area contributed by atoms with Crippen molar-refractivity contribution < 1.29 is 8.78 Å². The molecule has 0 saturated heterocycles. The first kappa shape index (κ1) is 13.4. The summed E-state index contributed by atoms with van der Waals surface area (Å²) >= 11 is 0. The van der Waals surface area contributed by atoms with E-state index < -0.39 is 0 Å². The van der Waals surface area contributed by atoms with Crippen LogP contribution < -0.4 is 0 Å². The molecule has 24 heavy (non-hydrogen) atoms. The number of rotatable bonds is 0. The highest BCUT2D eigenvalue weighted by molar-refractivity contribution is 6.08. The Bertz CT molecular complexity index is 1170. The van der Waals surface area contributed by atoms with Crippen LogP contribution in [0.25, 0.3) is 43.1 Å². The zero-order chi connectivity index (χ0) is 16.3. The maximum absolute atomic E-state index is 13.5. The summed E-state index contributed by atoms with van der Waals surface area (Å²) in [5.41, 5.74) is 0.